The lowest BCUT2D eigenvalue weighted by Crippen LogP contribution is -2.38. The van der Waals surface area contributed by atoms with E-state index in [2.05, 4.69) is 20.8 Å². The Hall–Kier alpha value is -2.96. The van der Waals surface area contributed by atoms with Gasteiger partial charge in [-0.25, -0.2) is 18.2 Å². The Kier molecular flexibility index (Phi) is 8.24. The van der Waals surface area contributed by atoms with Crippen LogP contribution in [0.3, 0.4) is 0 Å². The summed E-state index contributed by atoms with van der Waals surface area (Å²) in [5.74, 6) is 0.894. The molecule has 1 saturated carbocycles. The number of benzene rings is 1. The molecule has 0 radical (unpaired) electrons. The van der Waals surface area contributed by atoms with E-state index in [9.17, 15) is 13.2 Å². The van der Waals surface area contributed by atoms with Gasteiger partial charge in [0.2, 0.25) is 0 Å². The Morgan fingerprint density at radius 2 is 1.97 bits per heavy atom. The highest BCUT2D eigenvalue weighted by molar-refractivity contribution is 7.92. The average molecular weight is 574 g/mol. The quantitative estimate of drug-likeness (QED) is 0.330. The smallest absolute Gasteiger partial charge is 0.407 e. The van der Waals surface area contributed by atoms with Crippen LogP contribution in [0.25, 0.3) is 10.4 Å². The van der Waals surface area contributed by atoms with Gasteiger partial charge in [-0.05, 0) is 65.0 Å². The molecule has 1 aliphatic heterocycles. The summed E-state index contributed by atoms with van der Waals surface area (Å²) in [5.41, 5.74) is 2.21. The molecule has 3 aromatic rings. The van der Waals surface area contributed by atoms with Crippen molar-refractivity contribution in [3.8, 4) is 10.4 Å². The van der Waals surface area contributed by atoms with E-state index in [0.717, 1.165) is 41.3 Å². The summed E-state index contributed by atoms with van der Waals surface area (Å²) in [6.07, 6.45) is 5.24. The highest BCUT2D eigenvalue weighted by Gasteiger charge is 2.34. The number of alkyl carbamates (subject to hydrolysis) is 1. The van der Waals surface area contributed by atoms with E-state index in [1.165, 1.54) is 0 Å². The van der Waals surface area contributed by atoms with Crippen molar-refractivity contribution in [3.63, 3.8) is 0 Å². The number of sulfone groups is 1. The van der Waals surface area contributed by atoms with Crippen molar-refractivity contribution in [2.45, 2.75) is 81.1 Å². The van der Waals surface area contributed by atoms with Crippen molar-refractivity contribution in [2.24, 2.45) is 0 Å². The number of carbonyl (C=O) groups is 1. The summed E-state index contributed by atoms with van der Waals surface area (Å²) in [6.45, 7) is 6.22. The van der Waals surface area contributed by atoms with E-state index in [1.807, 2.05) is 39.0 Å². The molecule has 10 nitrogen and oxygen atoms in total. The molecule has 3 N–H and O–H groups in total. The third-order valence-corrected chi connectivity index (χ3v) is 10.5. The van der Waals surface area contributed by atoms with Crippen LogP contribution in [-0.2, 0) is 19.3 Å². The lowest BCUT2D eigenvalue weighted by Gasteiger charge is -2.28. The predicted molar refractivity (Wildman–Crippen MR) is 150 cm³/mol. The van der Waals surface area contributed by atoms with Crippen molar-refractivity contribution in [3.05, 3.63) is 41.2 Å². The molecule has 2 fully saturated rings. The first-order valence-corrected chi connectivity index (χ1v) is 15.7. The Bertz CT molecular complexity index is 1400. The fraction of sp³-hybridized carbons (Fsp3) is 0.519. The maximum absolute atomic E-state index is 13.7. The van der Waals surface area contributed by atoms with Crippen molar-refractivity contribution in [2.75, 3.05) is 18.5 Å². The number of nitrogens with one attached hydrogen (secondary N) is 3. The van der Waals surface area contributed by atoms with E-state index >= 15 is 0 Å². The third kappa shape index (κ3) is 6.44. The van der Waals surface area contributed by atoms with Crippen LogP contribution in [-0.4, -0.2) is 60.3 Å². The van der Waals surface area contributed by atoms with Gasteiger partial charge in [-0.3, -0.25) is 5.10 Å². The highest BCUT2D eigenvalue weighted by atomic mass is 32.2. The van der Waals surface area contributed by atoms with Crippen LogP contribution < -0.4 is 10.6 Å². The minimum Gasteiger partial charge on any atom is -0.447 e. The number of carbonyl (C=O) groups excluding carboxylic acids is 1. The predicted octanol–water partition coefficient (Wildman–Crippen LogP) is 5.31. The number of anilines is 2. The van der Waals surface area contributed by atoms with Gasteiger partial charge in [-0.15, -0.1) is 11.3 Å². The van der Waals surface area contributed by atoms with Gasteiger partial charge >= 0.3 is 6.09 Å². The first-order chi connectivity index (χ1) is 18.7. The van der Waals surface area contributed by atoms with Crippen LogP contribution in [0, 0.1) is 6.92 Å². The van der Waals surface area contributed by atoms with E-state index in [4.69, 9.17) is 14.5 Å². The molecule has 2 aliphatic rings. The molecule has 0 bridgehead atoms. The van der Waals surface area contributed by atoms with E-state index in [0.29, 0.717) is 30.1 Å². The molecule has 12 heteroatoms. The Balaban J connectivity index is 1.36. The molecular formula is C27H35N5O5S2. The highest BCUT2D eigenvalue weighted by Crippen LogP contribution is 2.41. The molecule has 210 valence electrons. The molecular weight excluding hydrogens is 538 g/mol. The number of aromatic nitrogens is 3. The van der Waals surface area contributed by atoms with Crippen molar-refractivity contribution >= 4 is 38.8 Å². The fourth-order valence-corrected chi connectivity index (χ4v) is 8.11. The summed E-state index contributed by atoms with van der Waals surface area (Å²) in [7, 11) is -3.64. The molecule has 3 heterocycles. The zero-order valence-electron chi connectivity index (χ0n) is 22.4. The number of ether oxygens (including phenoxy) is 2. The van der Waals surface area contributed by atoms with Gasteiger partial charge in [-0.1, -0.05) is 6.07 Å². The number of H-pyrrole nitrogens is 1. The van der Waals surface area contributed by atoms with Crippen molar-refractivity contribution < 1.29 is 22.7 Å². The molecule has 39 heavy (non-hydrogen) atoms. The summed E-state index contributed by atoms with van der Waals surface area (Å²) < 4.78 is 38.1. The Morgan fingerprint density at radius 3 is 2.64 bits per heavy atom. The standard InChI is InChI=1S/C27H35N5O5S2/c1-16(2)37-27(33)30-19-6-4-18(5-7-19)26-28-14-23(38-26)22-9-8-20(29-25-12-17(3)31-32-25)13-24(22)39(34,35)21-10-11-36-15-21/h8-9,12-14,16,18-19,21H,4-7,10-11,15H2,1-3H3,(H,30,33)(H2,29,31,32)/t18-,19-,21?. The molecule has 2 aromatic heterocycles. The van der Waals surface area contributed by atoms with Crippen LogP contribution in [0.5, 0.6) is 0 Å². The molecule has 1 aliphatic carbocycles. The van der Waals surface area contributed by atoms with Gasteiger partial charge in [0.05, 0.1) is 32.7 Å². The van der Waals surface area contributed by atoms with Crippen LogP contribution in [0.2, 0.25) is 0 Å². The van der Waals surface area contributed by atoms with Gasteiger partial charge in [0, 0.05) is 47.8 Å². The van der Waals surface area contributed by atoms with Crippen LogP contribution >= 0.6 is 11.3 Å². The van der Waals surface area contributed by atoms with Gasteiger partial charge in [-0.2, -0.15) is 5.10 Å². The number of aromatic amines is 1. The molecule has 1 atom stereocenters. The number of hydrogen-bond acceptors (Lipinski definition) is 9. The summed E-state index contributed by atoms with van der Waals surface area (Å²) >= 11 is 1.55. The van der Waals surface area contributed by atoms with Crippen LogP contribution in [0.1, 0.15) is 62.6 Å². The normalized spacial score (nSPS) is 21.7. The first kappa shape index (κ1) is 27.6. The topological polar surface area (TPSA) is 135 Å². The summed E-state index contributed by atoms with van der Waals surface area (Å²) in [4.78, 5) is 17.8. The van der Waals surface area contributed by atoms with Gasteiger partial charge in [0.1, 0.15) is 0 Å². The van der Waals surface area contributed by atoms with E-state index in [1.54, 1.807) is 23.6 Å². The van der Waals surface area contributed by atoms with Crippen molar-refractivity contribution in [1.82, 2.24) is 20.5 Å². The number of nitrogens with zero attached hydrogens (tertiary/aromatic N) is 2. The maximum Gasteiger partial charge on any atom is 0.407 e. The van der Waals surface area contributed by atoms with Gasteiger partial charge < -0.3 is 20.1 Å². The summed E-state index contributed by atoms with van der Waals surface area (Å²) in [5, 5.41) is 13.7. The Labute approximate surface area is 232 Å². The lowest BCUT2D eigenvalue weighted by atomic mass is 9.86. The van der Waals surface area contributed by atoms with Crippen LogP contribution in [0.4, 0.5) is 16.3 Å². The second-order valence-electron chi connectivity index (χ2n) is 10.5. The molecule has 1 aromatic carbocycles. The van der Waals surface area contributed by atoms with Gasteiger partial charge in [0.15, 0.2) is 15.7 Å². The van der Waals surface area contributed by atoms with E-state index < -0.39 is 15.1 Å². The minimum absolute atomic E-state index is 0.0932. The number of rotatable bonds is 8. The van der Waals surface area contributed by atoms with Crippen LogP contribution in [0.15, 0.2) is 35.4 Å². The molecule has 1 saturated heterocycles. The van der Waals surface area contributed by atoms with Crippen molar-refractivity contribution in [1.29, 1.82) is 0 Å². The number of amides is 1. The lowest BCUT2D eigenvalue weighted by molar-refractivity contribution is 0.109. The number of hydrogen-bond donors (Lipinski definition) is 3. The fourth-order valence-electron chi connectivity index (χ4n) is 5.11. The molecule has 1 unspecified atom stereocenters. The second kappa shape index (κ2) is 11.6. The van der Waals surface area contributed by atoms with E-state index in [-0.39, 0.29) is 35.7 Å². The largest absolute Gasteiger partial charge is 0.447 e. The number of thiazole rings is 1. The van der Waals surface area contributed by atoms with Gasteiger partial charge in [0.25, 0.3) is 0 Å². The molecule has 5 rings (SSSR count). The molecule has 0 spiro atoms. The Morgan fingerprint density at radius 1 is 1.18 bits per heavy atom. The zero-order chi connectivity index (χ0) is 27.6. The maximum atomic E-state index is 13.7. The SMILES string of the molecule is Cc1cc(Nc2ccc(-c3cnc([C@H]4CC[C@H](NC(=O)OC(C)C)CC4)s3)c(S(=O)(=O)C3CCOC3)c2)n[nH]1. The average Bonchev–Trinajstić information content (AvgIpc) is 3.67. The molecule has 1 amide bonds. The second-order valence-corrected chi connectivity index (χ2v) is 13.8. The minimum atomic E-state index is -3.64. The zero-order valence-corrected chi connectivity index (χ0v) is 24.0. The monoisotopic (exact) mass is 573 g/mol. The first-order valence-electron chi connectivity index (χ1n) is 13.4. The third-order valence-electron chi connectivity index (χ3n) is 7.12. The summed E-state index contributed by atoms with van der Waals surface area (Å²) in [6, 6.07) is 7.37. The number of aryl methyl sites for hydroxylation is 1.